The Kier molecular flexibility index (Phi) is 8.11. The maximum absolute atomic E-state index is 13.1. The Labute approximate surface area is 197 Å². The molecule has 3 aromatic rings. The van der Waals surface area contributed by atoms with Gasteiger partial charge in [-0.25, -0.2) is 8.42 Å². The van der Waals surface area contributed by atoms with Crippen LogP contribution in [0.1, 0.15) is 36.1 Å². The fraction of sp³-hybridized carbons (Fsp3) is 0.240. The van der Waals surface area contributed by atoms with E-state index < -0.39 is 45.2 Å². The Balaban J connectivity index is 1.86. The van der Waals surface area contributed by atoms with Gasteiger partial charge >= 0.3 is 6.18 Å². The number of rotatable bonds is 9. The molecule has 34 heavy (non-hydrogen) atoms. The molecule has 0 fully saturated rings. The van der Waals surface area contributed by atoms with Crippen molar-refractivity contribution in [3.05, 3.63) is 102 Å². The van der Waals surface area contributed by atoms with Crippen LogP contribution < -0.4 is 5.32 Å². The summed E-state index contributed by atoms with van der Waals surface area (Å²) in [5.41, 5.74) is 0.553. The molecule has 0 saturated heterocycles. The number of nitrogens with one attached hydrogen (secondary N) is 1. The topological polar surface area (TPSA) is 66.5 Å². The summed E-state index contributed by atoms with van der Waals surface area (Å²) in [6, 6.07) is 21.4. The number of carbonyl (C=O) groups is 1. The van der Waals surface area contributed by atoms with E-state index in [0.717, 1.165) is 33.6 Å². The Bertz CT molecular complexity index is 1160. The highest BCUT2D eigenvalue weighted by Crippen LogP contribution is 2.31. The van der Waals surface area contributed by atoms with Crippen molar-refractivity contribution in [2.24, 2.45) is 0 Å². The van der Waals surface area contributed by atoms with E-state index in [2.05, 4.69) is 5.32 Å². The number of amides is 1. The molecule has 9 heteroatoms. The van der Waals surface area contributed by atoms with Gasteiger partial charge in [-0.15, -0.1) is 0 Å². The number of alkyl halides is 3. The molecule has 1 N–H and O–H groups in total. The zero-order valence-corrected chi connectivity index (χ0v) is 19.3. The van der Waals surface area contributed by atoms with Crippen LogP contribution in [0.5, 0.6) is 0 Å². The molecule has 0 bridgehead atoms. The van der Waals surface area contributed by atoms with Crippen LogP contribution in [-0.2, 0) is 21.0 Å². The minimum atomic E-state index is -4.68. The molecule has 0 aliphatic rings. The Morgan fingerprint density at radius 1 is 0.912 bits per heavy atom. The molecule has 0 radical (unpaired) electrons. The van der Waals surface area contributed by atoms with Crippen LogP contribution in [-0.4, -0.2) is 31.7 Å². The number of hydrogen-bond donors (Lipinski definition) is 1. The van der Waals surface area contributed by atoms with Crippen LogP contribution in [0, 0.1) is 0 Å². The van der Waals surface area contributed by atoms with E-state index in [1.807, 2.05) is 60.7 Å². The third-order valence-corrected chi connectivity index (χ3v) is 7.00. The van der Waals surface area contributed by atoms with Crippen molar-refractivity contribution in [2.75, 3.05) is 13.1 Å². The fourth-order valence-electron chi connectivity index (χ4n) is 3.53. The zero-order chi connectivity index (χ0) is 24.8. The average molecular weight is 491 g/mol. The minimum absolute atomic E-state index is 0.0205. The van der Waals surface area contributed by atoms with E-state index in [1.165, 1.54) is 0 Å². The lowest BCUT2D eigenvalue weighted by Gasteiger charge is -2.24. The van der Waals surface area contributed by atoms with Gasteiger partial charge < -0.3 is 5.32 Å². The first-order valence-corrected chi connectivity index (χ1v) is 12.1. The summed E-state index contributed by atoms with van der Waals surface area (Å²) in [6.45, 7) is 1.18. The highest BCUT2D eigenvalue weighted by molar-refractivity contribution is 7.89. The molecule has 5 nitrogen and oxygen atoms in total. The smallest absolute Gasteiger partial charge is 0.344 e. The molecule has 0 aliphatic heterocycles. The van der Waals surface area contributed by atoms with Gasteiger partial charge in [0.15, 0.2) is 0 Å². The molecular formula is C25H25F3N2O3S. The van der Waals surface area contributed by atoms with Crippen molar-refractivity contribution in [2.45, 2.75) is 30.5 Å². The quantitative estimate of drug-likeness (QED) is 0.459. The maximum atomic E-state index is 13.1. The largest absolute Gasteiger partial charge is 0.416 e. The number of benzene rings is 3. The minimum Gasteiger partial charge on any atom is -0.344 e. The lowest BCUT2D eigenvalue weighted by Crippen LogP contribution is -2.42. The van der Waals surface area contributed by atoms with Gasteiger partial charge in [-0.3, -0.25) is 4.79 Å². The number of sulfonamides is 1. The van der Waals surface area contributed by atoms with Crippen molar-refractivity contribution in [1.29, 1.82) is 0 Å². The molecule has 0 heterocycles. The molecule has 0 aromatic heterocycles. The maximum Gasteiger partial charge on any atom is 0.416 e. The van der Waals surface area contributed by atoms with Crippen LogP contribution >= 0.6 is 0 Å². The van der Waals surface area contributed by atoms with E-state index >= 15 is 0 Å². The number of nitrogens with zero attached hydrogens (tertiary/aromatic N) is 1. The third kappa shape index (κ3) is 6.24. The van der Waals surface area contributed by atoms with Crippen LogP contribution in [0.15, 0.2) is 89.8 Å². The van der Waals surface area contributed by atoms with Gasteiger partial charge in [0.25, 0.3) is 0 Å². The highest BCUT2D eigenvalue weighted by Gasteiger charge is 2.33. The van der Waals surface area contributed by atoms with E-state index in [0.29, 0.717) is 12.5 Å². The first-order valence-electron chi connectivity index (χ1n) is 10.7. The summed E-state index contributed by atoms with van der Waals surface area (Å²) in [4.78, 5) is 12.5. The van der Waals surface area contributed by atoms with Crippen molar-refractivity contribution >= 4 is 15.9 Å². The third-order valence-electron chi connectivity index (χ3n) is 5.16. The Morgan fingerprint density at radius 2 is 1.47 bits per heavy atom. The lowest BCUT2D eigenvalue weighted by molar-refractivity contribution is -0.137. The molecule has 1 amide bonds. The number of hydrogen-bond acceptors (Lipinski definition) is 3. The van der Waals surface area contributed by atoms with Gasteiger partial charge in [-0.1, -0.05) is 73.7 Å². The summed E-state index contributed by atoms with van der Waals surface area (Å²) >= 11 is 0. The van der Waals surface area contributed by atoms with E-state index in [9.17, 15) is 26.4 Å². The molecule has 3 aromatic carbocycles. The van der Waals surface area contributed by atoms with E-state index in [1.54, 1.807) is 6.92 Å². The summed E-state index contributed by atoms with van der Waals surface area (Å²) in [6.07, 6.45) is -4.30. The highest BCUT2D eigenvalue weighted by atomic mass is 32.2. The van der Waals surface area contributed by atoms with Gasteiger partial charge in [0.2, 0.25) is 15.9 Å². The molecule has 180 valence electrons. The molecule has 0 saturated carbocycles. The van der Waals surface area contributed by atoms with Crippen molar-refractivity contribution in [1.82, 2.24) is 9.62 Å². The van der Waals surface area contributed by atoms with Crippen LogP contribution in [0.3, 0.4) is 0 Å². The zero-order valence-electron chi connectivity index (χ0n) is 18.5. The van der Waals surface area contributed by atoms with E-state index in [4.69, 9.17) is 0 Å². The monoisotopic (exact) mass is 490 g/mol. The summed E-state index contributed by atoms with van der Waals surface area (Å²) in [5, 5.41) is 2.87. The Hall–Kier alpha value is -3.17. The first-order chi connectivity index (χ1) is 16.1. The predicted octanol–water partition coefficient (Wildman–Crippen LogP) is 5.01. The van der Waals surface area contributed by atoms with Gasteiger partial charge in [-0.05, 0) is 35.7 Å². The SMILES string of the molecule is CCCN(CC(=O)NC(c1ccccc1)c1ccccc1)S(=O)(=O)c1cccc(C(F)(F)F)c1. The van der Waals surface area contributed by atoms with Gasteiger partial charge in [0.1, 0.15) is 0 Å². The summed E-state index contributed by atoms with van der Waals surface area (Å²) in [7, 11) is -4.33. The lowest BCUT2D eigenvalue weighted by atomic mass is 9.99. The molecule has 0 unspecified atom stereocenters. The molecule has 0 spiro atoms. The average Bonchev–Trinajstić information content (AvgIpc) is 2.83. The standard InChI is InChI=1S/C25H25F3N2O3S/c1-2-16-30(34(32,33)22-15-9-14-21(17-22)25(26,27)28)18-23(31)29-24(19-10-5-3-6-11-19)20-12-7-4-8-13-20/h3-15,17,24H,2,16,18H2,1H3,(H,29,31). The van der Waals surface area contributed by atoms with Gasteiger partial charge in [-0.2, -0.15) is 17.5 Å². The van der Waals surface area contributed by atoms with Crippen LogP contribution in [0.4, 0.5) is 13.2 Å². The molecule has 0 aliphatic carbocycles. The van der Waals surface area contributed by atoms with Crippen LogP contribution in [0.25, 0.3) is 0 Å². The summed E-state index contributed by atoms with van der Waals surface area (Å²) in [5.74, 6) is -0.568. The van der Waals surface area contributed by atoms with E-state index in [-0.39, 0.29) is 6.54 Å². The van der Waals surface area contributed by atoms with Gasteiger partial charge in [0.05, 0.1) is 23.0 Å². The molecule has 3 rings (SSSR count). The van der Waals surface area contributed by atoms with Crippen molar-refractivity contribution in [3.63, 3.8) is 0 Å². The second-order valence-corrected chi connectivity index (χ2v) is 9.62. The van der Waals surface area contributed by atoms with Crippen molar-refractivity contribution in [3.8, 4) is 0 Å². The Morgan fingerprint density at radius 3 is 1.97 bits per heavy atom. The molecule has 0 atom stereocenters. The molecular weight excluding hydrogens is 465 g/mol. The predicted molar refractivity (Wildman–Crippen MR) is 123 cm³/mol. The van der Waals surface area contributed by atoms with Crippen molar-refractivity contribution < 1.29 is 26.4 Å². The normalized spacial score (nSPS) is 12.2. The first kappa shape index (κ1) is 25.5. The second kappa shape index (κ2) is 10.8. The number of halogens is 3. The van der Waals surface area contributed by atoms with Crippen LogP contribution in [0.2, 0.25) is 0 Å². The number of carbonyl (C=O) groups excluding carboxylic acids is 1. The second-order valence-electron chi connectivity index (χ2n) is 7.69. The summed E-state index contributed by atoms with van der Waals surface area (Å²) < 4.78 is 66.5. The fourth-order valence-corrected chi connectivity index (χ4v) is 5.07. The van der Waals surface area contributed by atoms with Gasteiger partial charge in [0, 0.05) is 6.54 Å².